The van der Waals surface area contributed by atoms with Crippen molar-refractivity contribution in [2.24, 2.45) is 0 Å². The number of amides is 1. The van der Waals surface area contributed by atoms with Crippen LogP contribution in [0.4, 0.5) is 0 Å². The minimum absolute atomic E-state index is 0.0316. The Labute approximate surface area is 115 Å². The fourth-order valence-electron chi connectivity index (χ4n) is 2.40. The quantitative estimate of drug-likeness (QED) is 0.619. The topological polar surface area (TPSA) is 86.3 Å². The number of likely N-dealkylation sites (tertiary alicyclic amines) is 1. The highest BCUT2D eigenvalue weighted by Gasteiger charge is 2.31. The fourth-order valence-corrected chi connectivity index (χ4v) is 3.01. The van der Waals surface area contributed by atoms with Gasteiger partial charge in [-0.05, 0) is 26.0 Å². The highest BCUT2D eigenvalue weighted by atomic mass is 32.2. The summed E-state index contributed by atoms with van der Waals surface area (Å²) in [6.07, 6.45) is 3.49. The molecule has 1 amide bonds. The van der Waals surface area contributed by atoms with E-state index in [-0.39, 0.29) is 18.6 Å². The lowest BCUT2D eigenvalue weighted by Crippen LogP contribution is -2.39. The first-order valence-electron chi connectivity index (χ1n) is 6.15. The number of rotatable bonds is 3. The van der Waals surface area contributed by atoms with Gasteiger partial charge in [0, 0.05) is 12.2 Å². The van der Waals surface area contributed by atoms with Gasteiger partial charge in [-0.2, -0.15) is 4.98 Å². The summed E-state index contributed by atoms with van der Waals surface area (Å²) in [5, 5.41) is 9.74. The zero-order valence-corrected chi connectivity index (χ0v) is 11.8. The standard InChI is InChI=1S/C12H17N3O3S/c1-7-9(10(19-2)14-12(18)13-7)11(17)15-5-3-4-8(15)6-16/h8,16H,3-6H2,1-2H3,(H,13,14,18)/t8-/m1/s1. The maximum atomic E-state index is 12.6. The Bertz CT molecular complexity index is 544. The van der Waals surface area contributed by atoms with Gasteiger partial charge in [-0.15, -0.1) is 11.8 Å². The minimum atomic E-state index is -0.446. The van der Waals surface area contributed by atoms with Crippen molar-refractivity contribution in [1.82, 2.24) is 14.9 Å². The van der Waals surface area contributed by atoms with E-state index in [1.165, 1.54) is 11.8 Å². The van der Waals surface area contributed by atoms with Crippen molar-refractivity contribution in [3.8, 4) is 0 Å². The molecule has 6 nitrogen and oxygen atoms in total. The first kappa shape index (κ1) is 14.1. The van der Waals surface area contributed by atoms with E-state index in [2.05, 4.69) is 9.97 Å². The SMILES string of the molecule is CSc1nc(=O)[nH]c(C)c1C(=O)N1CCC[C@@H]1CO. The Balaban J connectivity index is 2.41. The van der Waals surface area contributed by atoms with Crippen LogP contribution in [0.3, 0.4) is 0 Å². The Morgan fingerprint density at radius 2 is 2.37 bits per heavy atom. The van der Waals surface area contributed by atoms with E-state index in [1.54, 1.807) is 18.1 Å². The van der Waals surface area contributed by atoms with E-state index >= 15 is 0 Å². The van der Waals surface area contributed by atoms with Crippen LogP contribution < -0.4 is 5.69 Å². The molecule has 0 aromatic carbocycles. The molecule has 1 fully saturated rings. The molecule has 7 heteroatoms. The first-order chi connectivity index (χ1) is 9.08. The van der Waals surface area contributed by atoms with Gasteiger partial charge in [-0.25, -0.2) is 4.79 Å². The summed E-state index contributed by atoms with van der Waals surface area (Å²) in [6.45, 7) is 2.30. The summed E-state index contributed by atoms with van der Waals surface area (Å²) >= 11 is 1.28. The van der Waals surface area contributed by atoms with E-state index in [0.717, 1.165) is 12.8 Å². The molecular weight excluding hydrogens is 266 g/mol. The van der Waals surface area contributed by atoms with Gasteiger partial charge in [0.25, 0.3) is 5.91 Å². The number of thioether (sulfide) groups is 1. The zero-order valence-electron chi connectivity index (χ0n) is 11.0. The van der Waals surface area contributed by atoms with Crippen LogP contribution >= 0.6 is 11.8 Å². The van der Waals surface area contributed by atoms with Crippen LogP contribution in [0, 0.1) is 6.92 Å². The number of hydrogen-bond donors (Lipinski definition) is 2. The molecule has 19 heavy (non-hydrogen) atoms. The number of H-pyrrole nitrogens is 1. The number of carbonyl (C=O) groups excluding carboxylic acids is 1. The number of nitrogens with zero attached hydrogens (tertiary/aromatic N) is 2. The second-order valence-electron chi connectivity index (χ2n) is 4.53. The maximum absolute atomic E-state index is 12.6. The average Bonchev–Trinajstić information content (AvgIpc) is 2.85. The van der Waals surface area contributed by atoms with E-state index in [1.807, 2.05) is 0 Å². The van der Waals surface area contributed by atoms with Gasteiger partial charge in [0.05, 0.1) is 18.2 Å². The third kappa shape index (κ3) is 2.66. The third-order valence-electron chi connectivity index (χ3n) is 3.34. The molecule has 2 rings (SSSR count). The lowest BCUT2D eigenvalue weighted by atomic mass is 10.2. The van der Waals surface area contributed by atoms with Crippen LogP contribution in [0.1, 0.15) is 28.9 Å². The molecule has 0 aliphatic carbocycles. The van der Waals surface area contributed by atoms with Crippen molar-refractivity contribution < 1.29 is 9.90 Å². The minimum Gasteiger partial charge on any atom is -0.394 e. The molecule has 1 aliphatic heterocycles. The van der Waals surface area contributed by atoms with E-state index in [4.69, 9.17) is 0 Å². The molecule has 0 radical (unpaired) electrons. The molecule has 0 saturated carbocycles. The molecule has 2 N–H and O–H groups in total. The molecule has 0 bridgehead atoms. The van der Waals surface area contributed by atoms with Crippen LogP contribution in [0.15, 0.2) is 9.82 Å². The fraction of sp³-hybridized carbons (Fsp3) is 0.583. The largest absolute Gasteiger partial charge is 0.394 e. The number of aliphatic hydroxyl groups is 1. The maximum Gasteiger partial charge on any atom is 0.346 e. The van der Waals surface area contributed by atoms with Crippen molar-refractivity contribution in [2.75, 3.05) is 19.4 Å². The normalized spacial score (nSPS) is 18.9. The van der Waals surface area contributed by atoms with Crippen molar-refractivity contribution in [3.05, 3.63) is 21.7 Å². The second kappa shape index (κ2) is 5.75. The van der Waals surface area contributed by atoms with E-state index < -0.39 is 5.69 Å². The Morgan fingerprint density at radius 1 is 1.63 bits per heavy atom. The zero-order chi connectivity index (χ0) is 14.0. The van der Waals surface area contributed by atoms with Crippen molar-refractivity contribution in [3.63, 3.8) is 0 Å². The number of aromatic amines is 1. The van der Waals surface area contributed by atoms with Crippen LogP contribution in [0.5, 0.6) is 0 Å². The summed E-state index contributed by atoms with van der Waals surface area (Å²) in [7, 11) is 0. The predicted octanol–water partition coefficient (Wildman–Crippen LogP) is 0.397. The molecular formula is C12H17N3O3S. The monoisotopic (exact) mass is 283 g/mol. The number of aryl methyl sites for hydroxylation is 1. The Hall–Kier alpha value is -1.34. The van der Waals surface area contributed by atoms with Gasteiger partial charge in [0.15, 0.2) is 0 Å². The lowest BCUT2D eigenvalue weighted by Gasteiger charge is -2.24. The first-order valence-corrected chi connectivity index (χ1v) is 7.37. The molecule has 1 aromatic heterocycles. The highest BCUT2D eigenvalue weighted by Crippen LogP contribution is 2.24. The van der Waals surface area contributed by atoms with Gasteiger partial charge >= 0.3 is 5.69 Å². The third-order valence-corrected chi connectivity index (χ3v) is 4.02. The van der Waals surface area contributed by atoms with Crippen molar-refractivity contribution in [2.45, 2.75) is 30.8 Å². The Kier molecular flexibility index (Phi) is 4.26. The molecule has 1 saturated heterocycles. The molecule has 104 valence electrons. The van der Waals surface area contributed by atoms with Crippen LogP contribution in [0.25, 0.3) is 0 Å². The molecule has 1 atom stereocenters. The van der Waals surface area contributed by atoms with E-state index in [9.17, 15) is 14.7 Å². The average molecular weight is 283 g/mol. The highest BCUT2D eigenvalue weighted by molar-refractivity contribution is 7.98. The summed E-state index contributed by atoms with van der Waals surface area (Å²) in [4.78, 5) is 32.0. The predicted molar refractivity (Wildman–Crippen MR) is 72.5 cm³/mol. The van der Waals surface area contributed by atoms with Crippen LogP contribution in [0.2, 0.25) is 0 Å². The number of carbonyl (C=O) groups is 1. The van der Waals surface area contributed by atoms with Gasteiger partial charge < -0.3 is 15.0 Å². The van der Waals surface area contributed by atoms with Gasteiger partial charge in [-0.3, -0.25) is 4.79 Å². The van der Waals surface area contributed by atoms with Crippen molar-refractivity contribution >= 4 is 17.7 Å². The number of aliphatic hydroxyl groups excluding tert-OH is 1. The number of hydrogen-bond acceptors (Lipinski definition) is 5. The lowest BCUT2D eigenvalue weighted by molar-refractivity contribution is 0.0671. The Morgan fingerprint density at radius 3 is 3.00 bits per heavy atom. The summed E-state index contributed by atoms with van der Waals surface area (Å²) in [6, 6.07) is -0.131. The molecule has 2 heterocycles. The van der Waals surface area contributed by atoms with Crippen LogP contribution in [-0.2, 0) is 0 Å². The van der Waals surface area contributed by atoms with E-state index in [0.29, 0.717) is 22.8 Å². The van der Waals surface area contributed by atoms with Gasteiger partial charge in [0.2, 0.25) is 0 Å². The molecule has 1 aromatic rings. The van der Waals surface area contributed by atoms with Crippen molar-refractivity contribution in [1.29, 1.82) is 0 Å². The molecule has 0 spiro atoms. The summed E-state index contributed by atoms with van der Waals surface area (Å²) in [5.41, 5.74) is 0.518. The van der Waals surface area contributed by atoms with Gasteiger partial charge in [-0.1, -0.05) is 0 Å². The summed E-state index contributed by atoms with van der Waals surface area (Å²) < 4.78 is 0. The second-order valence-corrected chi connectivity index (χ2v) is 5.32. The molecule has 0 unspecified atom stereocenters. The number of nitrogens with one attached hydrogen (secondary N) is 1. The van der Waals surface area contributed by atoms with Gasteiger partial charge in [0.1, 0.15) is 5.03 Å². The van der Waals surface area contributed by atoms with Crippen LogP contribution in [-0.4, -0.2) is 51.3 Å². The smallest absolute Gasteiger partial charge is 0.346 e. The number of aromatic nitrogens is 2. The summed E-state index contributed by atoms with van der Waals surface area (Å²) in [5.74, 6) is -0.165. The molecule has 1 aliphatic rings.